The van der Waals surface area contributed by atoms with Crippen LogP contribution in [-0.2, 0) is 38.1 Å². The van der Waals surface area contributed by atoms with Gasteiger partial charge in [0.15, 0.2) is 18.0 Å². The number of esters is 3. The minimum Gasteiger partial charge on any atom is -0.458 e. The van der Waals surface area contributed by atoms with Crippen LogP contribution in [0, 0.1) is 5.92 Å². The van der Waals surface area contributed by atoms with Crippen molar-refractivity contribution in [3.63, 3.8) is 0 Å². The van der Waals surface area contributed by atoms with E-state index in [1.54, 1.807) is 26.8 Å². The number of carbonyl (C=O) groups is 4. The molecule has 3 rings (SSSR count). The molecule has 6 atom stereocenters. The fourth-order valence-electron chi connectivity index (χ4n) is 4.06. The van der Waals surface area contributed by atoms with Crippen LogP contribution in [-0.4, -0.2) is 53.7 Å². The van der Waals surface area contributed by atoms with E-state index in [0.717, 1.165) is 0 Å². The molecule has 0 spiro atoms. The summed E-state index contributed by atoms with van der Waals surface area (Å²) in [5.74, 6) is -2.88. The second-order valence-electron chi connectivity index (χ2n) is 8.18. The van der Waals surface area contributed by atoms with Gasteiger partial charge in [-0.15, -0.1) is 0 Å². The van der Waals surface area contributed by atoms with Crippen molar-refractivity contribution in [2.45, 2.75) is 70.6 Å². The van der Waals surface area contributed by atoms with E-state index in [2.05, 4.69) is 13.2 Å². The summed E-state index contributed by atoms with van der Waals surface area (Å²) in [6, 6.07) is 0. The minimum absolute atomic E-state index is 0.0897. The molecule has 2 heterocycles. The Balaban J connectivity index is 2.05. The maximum Gasteiger partial charge on any atom is 0.334 e. The molecule has 6 unspecified atom stereocenters. The van der Waals surface area contributed by atoms with Crippen LogP contribution in [0.4, 0.5) is 0 Å². The second kappa shape index (κ2) is 7.83. The molecule has 3 fully saturated rings. The Kier molecular flexibility index (Phi) is 5.73. The fraction of sp³-hybridized carbons (Fsp3) is 0.545. The molecule has 1 saturated carbocycles. The first-order valence-electron chi connectivity index (χ1n) is 9.77. The number of ether oxygens (including phenoxy) is 4. The van der Waals surface area contributed by atoms with Gasteiger partial charge in [-0.3, -0.25) is 9.59 Å². The first kappa shape index (κ1) is 22.0. The van der Waals surface area contributed by atoms with Crippen LogP contribution in [0.15, 0.2) is 36.0 Å². The van der Waals surface area contributed by atoms with Crippen LogP contribution in [0.5, 0.6) is 0 Å². The average Bonchev–Trinajstić information content (AvgIpc) is 3.25. The van der Waals surface area contributed by atoms with E-state index in [-0.39, 0.29) is 29.8 Å². The van der Waals surface area contributed by atoms with E-state index in [4.69, 9.17) is 18.9 Å². The average molecular weight is 418 g/mol. The van der Waals surface area contributed by atoms with Crippen molar-refractivity contribution < 1.29 is 38.1 Å². The summed E-state index contributed by atoms with van der Waals surface area (Å²) in [5, 5.41) is 0. The molecule has 3 aliphatic rings. The standard InChI is InChI=1S/C22H26O8/c1-7-10(2)20(25)28-15-9-22(6)19(30-22)14(24)8-11(3)17(27-13(5)23)18-16(15)12(4)21(26)29-18/h7,15-19H,3-4,8-9H2,1-2,5-6H3. The Morgan fingerprint density at radius 2 is 1.87 bits per heavy atom. The van der Waals surface area contributed by atoms with Crippen molar-refractivity contribution in [1.29, 1.82) is 0 Å². The lowest BCUT2D eigenvalue weighted by Gasteiger charge is -2.33. The SMILES string of the molecule is C=C1CC(=O)C2OC2(C)CC(OC(=O)C(C)=CC)C2C(=C)C(=O)OC2C1OC(C)=O. The molecular weight excluding hydrogens is 392 g/mol. The van der Waals surface area contributed by atoms with Crippen molar-refractivity contribution >= 4 is 23.7 Å². The Morgan fingerprint density at radius 1 is 1.20 bits per heavy atom. The second-order valence-corrected chi connectivity index (χ2v) is 8.18. The summed E-state index contributed by atoms with van der Waals surface area (Å²) < 4.78 is 22.3. The van der Waals surface area contributed by atoms with Gasteiger partial charge in [0.1, 0.15) is 17.8 Å². The zero-order chi connectivity index (χ0) is 22.4. The van der Waals surface area contributed by atoms with Gasteiger partial charge in [-0.25, -0.2) is 9.59 Å². The minimum atomic E-state index is -1.08. The number of epoxide rings is 1. The number of hydrogen-bond acceptors (Lipinski definition) is 8. The molecule has 0 radical (unpaired) electrons. The van der Waals surface area contributed by atoms with Crippen LogP contribution in [0.25, 0.3) is 0 Å². The van der Waals surface area contributed by atoms with Gasteiger partial charge in [-0.2, -0.15) is 0 Å². The number of rotatable bonds is 3. The highest BCUT2D eigenvalue weighted by Gasteiger charge is 2.61. The quantitative estimate of drug-likeness (QED) is 0.225. The van der Waals surface area contributed by atoms with Crippen molar-refractivity contribution in [3.8, 4) is 0 Å². The number of hydrogen-bond donors (Lipinski definition) is 0. The molecule has 2 saturated heterocycles. The van der Waals surface area contributed by atoms with E-state index in [1.807, 2.05) is 0 Å². The molecule has 0 aromatic carbocycles. The lowest BCUT2D eigenvalue weighted by molar-refractivity contribution is -0.162. The highest BCUT2D eigenvalue weighted by atomic mass is 16.6. The third kappa shape index (κ3) is 3.96. The lowest BCUT2D eigenvalue weighted by atomic mass is 9.79. The van der Waals surface area contributed by atoms with E-state index in [9.17, 15) is 19.2 Å². The highest BCUT2D eigenvalue weighted by Crippen LogP contribution is 2.48. The maximum atomic E-state index is 12.7. The lowest BCUT2D eigenvalue weighted by Crippen LogP contribution is -2.45. The topological polar surface area (TPSA) is 108 Å². The third-order valence-electron chi connectivity index (χ3n) is 5.85. The summed E-state index contributed by atoms with van der Waals surface area (Å²) in [6.45, 7) is 14.0. The van der Waals surface area contributed by atoms with Crippen molar-refractivity contribution in [1.82, 2.24) is 0 Å². The largest absolute Gasteiger partial charge is 0.458 e. The fourth-order valence-corrected chi connectivity index (χ4v) is 4.06. The van der Waals surface area contributed by atoms with Gasteiger partial charge < -0.3 is 18.9 Å². The van der Waals surface area contributed by atoms with Gasteiger partial charge in [0, 0.05) is 30.9 Å². The highest BCUT2D eigenvalue weighted by molar-refractivity contribution is 5.92. The Labute approximate surface area is 174 Å². The smallest absolute Gasteiger partial charge is 0.334 e. The Bertz CT molecular complexity index is 868. The van der Waals surface area contributed by atoms with E-state index in [0.29, 0.717) is 5.57 Å². The van der Waals surface area contributed by atoms with Crippen molar-refractivity contribution in [2.75, 3.05) is 0 Å². The van der Waals surface area contributed by atoms with Gasteiger partial charge in [0.05, 0.1) is 5.92 Å². The van der Waals surface area contributed by atoms with Crippen LogP contribution in [0.2, 0.25) is 0 Å². The molecule has 8 heteroatoms. The molecule has 0 aromatic rings. The van der Waals surface area contributed by atoms with Crippen LogP contribution in [0.3, 0.4) is 0 Å². The van der Waals surface area contributed by atoms with Crippen LogP contribution >= 0.6 is 0 Å². The van der Waals surface area contributed by atoms with Crippen molar-refractivity contribution in [3.05, 3.63) is 36.0 Å². The molecule has 8 nitrogen and oxygen atoms in total. The molecule has 0 amide bonds. The van der Waals surface area contributed by atoms with Crippen LogP contribution in [0.1, 0.15) is 40.5 Å². The predicted molar refractivity (Wildman–Crippen MR) is 104 cm³/mol. The van der Waals surface area contributed by atoms with E-state index >= 15 is 0 Å². The normalized spacial score (nSPS) is 36.4. The molecule has 30 heavy (non-hydrogen) atoms. The summed E-state index contributed by atoms with van der Waals surface area (Å²) in [7, 11) is 0. The molecule has 1 aliphatic carbocycles. The maximum absolute atomic E-state index is 12.7. The zero-order valence-corrected chi connectivity index (χ0v) is 17.6. The van der Waals surface area contributed by atoms with E-state index in [1.165, 1.54) is 6.92 Å². The molecule has 2 aliphatic heterocycles. The Hall–Kier alpha value is -2.74. The van der Waals surface area contributed by atoms with Gasteiger partial charge in [0.2, 0.25) is 0 Å². The summed E-state index contributed by atoms with van der Waals surface area (Å²) >= 11 is 0. The number of ketones is 1. The summed E-state index contributed by atoms with van der Waals surface area (Å²) in [6.07, 6.45) is -2.00. The van der Waals surface area contributed by atoms with Crippen LogP contribution < -0.4 is 0 Å². The first-order valence-corrected chi connectivity index (χ1v) is 9.77. The molecule has 0 aromatic heterocycles. The summed E-state index contributed by atoms with van der Waals surface area (Å²) in [4.78, 5) is 49.3. The number of Topliss-reactive ketones (excluding diaryl/α,β-unsaturated/α-hetero) is 1. The van der Waals surface area contributed by atoms with Gasteiger partial charge >= 0.3 is 17.9 Å². The summed E-state index contributed by atoms with van der Waals surface area (Å²) in [5.41, 5.74) is -0.0812. The zero-order valence-electron chi connectivity index (χ0n) is 17.6. The molecule has 162 valence electrons. The first-order chi connectivity index (χ1) is 14.0. The molecule has 0 bridgehead atoms. The number of fused-ring (bicyclic) bond motifs is 2. The predicted octanol–water partition coefficient (Wildman–Crippen LogP) is 1.97. The Morgan fingerprint density at radius 3 is 2.47 bits per heavy atom. The van der Waals surface area contributed by atoms with Gasteiger partial charge in [-0.05, 0) is 26.3 Å². The van der Waals surface area contributed by atoms with Crippen molar-refractivity contribution in [2.24, 2.45) is 5.92 Å². The number of allylic oxidation sites excluding steroid dienone is 1. The monoisotopic (exact) mass is 418 g/mol. The van der Waals surface area contributed by atoms with Gasteiger partial charge in [0.25, 0.3) is 0 Å². The molecular formula is C22H26O8. The van der Waals surface area contributed by atoms with Gasteiger partial charge in [-0.1, -0.05) is 19.2 Å². The third-order valence-corrected chi connectivity index (χ3v) is 5.85. The number of carbonyl (C=O) groups excluding carboxylic acids is 4. The van der Waals surface area contributed by atoms with E-state index < -0.39 is 53.8 Å². The molecule has 0 N–H and O–H groups in total.